The quantitative estimate of drug-likeness (QED) is 0.854. The van der Waals surface area contributed by atoms with Gasteiger partial charge < -0.3 is 10.6 Å². The highest BCUT2D eigenvalue weighted by Crippen LogP contribution is 2.19. The molecule has 0 bridgehead atoms. The second kappa shape index (κ2) is 5.47. The van der Waals surface area contributed by atoms with Crippen LogP contribution in [0.1, 0.15) is 5.56 Å². The van der Waals surface area contributed by atoms with Gasteiger partial charge in [-0.05, 0) is 12.1 Å². The van der Waals surface area contributed by atoms with Crippen LogP contribution in [0.2, 0.25) is 5.02 Å². The number of nitrogens with one attached hydrogen (secondary N) is 2. The smallest absolute Gasteiger partial charge is 0.224 e. The second-order valence-electron chi connectivity index (χ2n) is 4.21. The van der Waals surface area contributed by atoms with Crippen LogP contribution in [0.3, 0.4) is 0 Å². The van der Waals surface area contributed by atoms with Crippen molar-refractivity contribution in [1.82, 2.24) is 10.6 Å². The maximum atomic E-state index is 13.4. The van der Waals surface area contributed by atoms with Gasteiger partial charge in [0.1, 0.15) is 5.82 Å². The third kappa shape index (κ3) is 3.17. The van der Waals surface area contributed by atoms with Gasteiger partial charge in [0, 0.05) is 36.1 Å². The summed E-state index contributed by atoms with van der Waals surface area (Å²) in [6, 6.07) is 4.42. The zero-order valence-corrected chi connectivity index (χ0v) is 10.1. The summed E-state index contributed by atoms with van der Waals surface area (Å²) in [4.78, 5) is 11.6. The molecule has 1 aromatic carbocycles. The van der Waals surface area contributed by atoms with E-state index in [1.807, 2.05) is 0 Å². The van der Waals surface area contributed by atoms with Crippen molar-refractivity contribution in [3.8, 4) is 0 Å². The molecule has 17 heavy (non-hydrogen) atoms. The number of benzene rings is 1. The molecule has 5 heteroatoms. The number of rotatable bonds is 4. The highest BCUT2D eigenvalue weighted by molar-refractivity contribution is 6.31. The molecule has 1 fully saturated rings. The Hall–Kier alpha value is -1.13. The number of carbonyl (C=O) groups is 1. The highest BCUT2D eigenvalue weighted by Gasteiger charge is 2.18. The average molecular weight is 257 g/mol. The fourth-order valence-corrected chi connectivity index (χ4v) is 1.91. The van der Waals surface area contributed by atoms with Crippen molar-refractivity contribution >= 4 is 17.5 Å². The van der Waals surface area contributed by atoms with Crippen LogP contribution in [0.25, 0.3) is 0 Å². The zero-order valence-electron chi connectivity index (χ0n) is 9.30. The van der Waals surface area contributed by atoms with E-state index in [2.05, 4.69) is 10.6 Å². The summed E-state index contributed by atoms with van der Waals surface area (Å²) < 4.78 is 13.4. The zero-order chi connectivity index (χ0) is 12.3. The maximum absolute atomic E-state index is 13.4. The van der Waals surface area contributed by atoms with Gasteiger partial charge in [-0.1, -0.05) is 17.7 Å². The van der Waals surface area contributed by atoms with Gasteiger partial charge in [-0.3, -0.25) is 4.79 Å². The Morgan fingerprint density at radius 1 is 1.53 bits per heavy atom. The summed E-state index contributed by atoms with van der Waals surface area (Å²) in [5.41, 5.74) is 0.262. The summed E-state index contributed by atoms with van der Waals surface area (Å²) in [5, 5.41) is 6.20. The molecule has 0 atom stereocenters. The first kappa shape index (κ1) is 12.3. The van der Waals surface area contributed by atoms with Gasteiger partial charge in [0.25, 0.3) is 0 Å². The monoisotopic (exact) mass is 256 g/mol. The largest absolute Gasteiger partial charge is 0.355 e. The van der Waals surface area contributed by atoms with Crippen molar-refractivity contribution in [1.29, 1.82) is 0 Å². The van der Waals surface area contributed by atoms with E-state index in [1.54, 1.807) is 6.07 Å². The van der Waals surface area contributed by atoms with Crippen LogP contribution < -0.4 is 10.6 Å². The minimum atomic E-state index is -0.432. The molecular weight excluding hydrogens is 243 g/mol. The summed E-state index contributed by atoms with van der Waals surface area (Å²) >= 11 is 5.84. The molecule has 1 heterocycles. The standard InChI is InChI=1S/C12H14ClFN2O/c13-10-2-1-3-11(14)9(10)4-12(17)16-7-8-5-15-6-8/h1-3,8,15H,4-7H2,(H,16,17). The lowest BCUT2D eigenvalue weighted by atomic mass is 10.0. The lowest BCUT2D eigenvalue weighted by Gasteiger charge is -2.27. The van der Waals surface area contributed by atoms with Crippen molar-refractivity contribution < 1.29 is 9.18 Å². The van der Waals surface area contributed by atoms with Gasteiger partial charge in [-0.2, -0.15) is 0 Å². The minimum absolute atomic E-state index is 0.00828. The van der Waals surface area contributed by atoms with Crippen LogP contribution in [0.5, 0.6) is 0 Å². The molecule has 1 amide bonds. The van der Waals surface area contributed by atoms with Crippen LogP contribution in [-0.4, -0.2) is 25.5 Å². The van der Waals surface area contributed by atoms with Crippen LogP contribution in [0.15, 0.2) is 18.2 Å². The summed E-state index contributed by atoms with van der Waals surface area (Å²) in [7, 11) is 0. The molecule has 0 aliphatic carbocycles. The number of halogens is 2. The molecule has 0 saturated carbocycles. The topological polar surface area (TPSA) is 41.1 Å². The first-order valence-electron chi connectivity index (χ1n) is 5.57. The lowest BCUT2D eigenvalue weighted by Crippen LogP contribution is -2.48. The Labute approximate surface area is 104 Å². The van der Waals surface area contributed by atoms with Crippen molar-refractivity contribution in [2.75, 3.05) is 19.6 Å². The lowest BCUT2D eigenvalue weighted by molar-refractivity contribution is -0.120. The van der Waals surface area contributed by atoms with E-state index in [0.717, 1.165) is 13.1 Å². The van der Waals surface area contributed by atoms with Crippen molar-refractivity contribution in [2.45, 2.75) is 6.42 Å². The first-order chi connectivity index (χ1) is 8.16. The molecule has 0 unspecified atom stereocenters. The van der Waals surface area contributed by atoms with Crippen LogP contribution >= 0.6 is 11.6 Å². The van der Waals surface area contributed by atoms with Crippen molar-refractivity contribution in [3.63, 3.8) is 0 Å². The first-order valence-corrected chi connectivity index (χ1v) is 5.95. The maximum Gasteiger partial charge on any atom is 0.224 e. The third-order valence-electron chi connectivity index (χ3n) is 2.85. The second-order valence-corrected chi connectivity index (χ2v) is 4.61. The fourth-order valence-electron chi connectivity index (χ4n) is 1.68. The Morgan fingerprint density at radius 3 is 2.88 bits per heavy atom. The molecule has 1 aliphatic heterocycles. The van der Waals surface area contributed by atoms with Crippen molar-refractivity contribution in [2.24, 2.45) is 5.92 Å². The Bertz CT molecular complexity index is 401. The van der Waals surface area contributed by atoms with E-state index in [9.17, 15) is 9.18 Å². The summed E-state index contributed by atoms with van der Waals surface area (Å²) in [6.45, 7) is 2.50. The van der Waals surface area contributed by atoms with E-state index in [4.69, 9.17) is 11.6 Å². The Balaban J connectivity index is 1.88. The van der Waals surface area contributed by atoms with Gasteiger partial charge in [0.2, 0.25) is 5.91 Å². The molecule has 0 spiro atoms. The van der Waals surface area contributed by atoms with E-state index < -0.39 is 5.82 Å². The van der Waals surface area contributed by atoms with E-state index >= 15 is 0 Å². The van der Waals surface area contributed by atoms with E-state index in [1.165, 1.54) is 12.1 Å². The number of hydrogen-bond donors (Lipinski definition) is 2. The predicted molar refractivity (Wildman–Crippen MR) is 64.5 cm³/mol. The molecule has 1 aliphatic rings. The molecule has 0 radical (unpaired) electrons. The van der Waals surface area contributed by atoms with Gasteiger partial charge in [-0.15, -0.1) is 0 Å². The average Bonchev–Trinajstić information content (AvgIpc) is 2.21. The predicted octanol–water partition coefficient (Wildman–Crippen LogP) is 1.36. The Kier molecular flexibility index (Phi) is 3.97. The van der Waals surface area contributed by atoms with Crippen LogP contribution in [0, 0.1) is 11.7 Å². The molecule has 2 N–H and O–H groups in total. The molecular formula is C12H14ClFN2O. The van der Waals surface area contributed by atoms with Crippen LogP contribution in [-0.2, 0) is 11.2 Å². The van der Waals surface area contributed by atoms with Gasteiger partial charge in [0.15, 0.2) is 0 Å². The van der Waals surface area contributed by atoms with Gasteiger partial charge in [-0.25, -0.2) is 4.39 Å². The van der Waals surface area contributed by atoms with E-state index in [-0.39, 0.29) is 17.9 Å². The third-order valence-corrected chi connectivity index (χ3v) is 3.21. The molecule has 2 rings (SSSR count). The van der Waals surface area contributed by atoms with Gasteiger partial charge in [0.05, 0.1) is 6.42 Å². The highest BCUT2D eigenvalue weighted by atomic mass is 35.5. The molecule has 1 aromatic rings. The van der Waals surface area contributed by atoms with E-state index in [0.29, 0.717) is 17.5 Å². The molecule has 3 nitrogen and oxygen atoms in total. The fraction of sp³-hybridized carbons (Fsp3) is 0.417. The number of carbonyl (C=O) groups excluding carboxylic acids is 1. The molecule has 0 aromatic heterocycles. The van der Waals surface area contributed by atoms with Crippen LogP contribution in [0.4, 0.5) is 4.39 Å². The number of hydrogen-bond acceptors (Lipinski definition) is 2. The minimum Gasteiger partial charge on any atom is -0.355 e. The normalized spacial score (nSPS) is 15.4. The molecule has 92 valence electrons. The Morgan fingerprint density at radius 2 is 2.29 bits per heavy atom. The summed E-state index contributed by atoms with van der Waals surface area (Å²) in [6.07, 6.45) is -0.00828. The van der Waals surface area contributed by atoms with Gasteiger partial charge >= 0.3 is 0 Å². The summed E-state index contributed by atoms with van der Waals surface area (Å²) in [5.74, 6) is -0.128. The molecule has 1 saturated heterocycles. The van der Waals surface area contributed by atoms with Crippen molar-refractivity contribution in [3.05, 3.63) is 34.6 Å². The number of amides is 1. The SMILES string of the molecule is O=C(Cc1c(F)cccc1Cl)NCC1CNC1.